The molecular weight excluding hydrogens is 148 g/mol. The Bertz CT molecular complexity index is 328. The van der Waals surface area contributed by atoms with Crippen molar-refractivity contribution in [3.05, 3.63) is 29.6 Å². The first-order valence-corrected chi connectivity index (χ1v) is 3.97. The van der Waals surface area contributed by atoms with Crippen molar-refractivity contribution in [1.82, 2.24) is 4.98 Å². The van der Waals surface area contributed by atoms with Crippen LogP contribution in [0.5, 0.6) is 0 Å². The number of terminal acetylenes is 1. The van der Waals surface area contributed by atoms with Crippen LogP contribution in [0.25, 0.3) is 0 Å². The molecule has 0 radical (unpaired) electrons. The minimum atomic E-state index is -0.146. The van der Waals surface area contributed by atoms with Crippen LogP contribution in [0, 0.1) is 12.3 Å². The third-order valence-corrected chi connectivity index (χ3v) is 2.23. The predicted molar refractivity (Wildman–Crippen MR) is 47.3 cm³/mol. The van der Waals surface area contributed by atoms with Gasteiger partial charge in [-0.1, -0.05) is 5.92 Å². The molecule has 12 heavy (non-hydrogen) atoms. The van der Waals surface area contributed by atoms with E-state index in [9.17, 15) is 0 Å². The summed E-state index contributed by atoms with van der Waals surface area (Å²) in [5.74, 6) is 2.52. The van der Waals surface area contributed by atoms with Crippen LogP contribution in [0.3, 0.4) is 0 Å². The standard InChI is InChI=1S/C10H10N2/c1-2-8-3-4-9(12-7-8)10(11)5-6-10/h1,3-4,7H,5-6,11H2. The average molecular weight is 158 g/mol. The second kappa shape index (κ2) is 2.33. The van der Waals surface area contributed by atoms with Gasteiger partial charge in [0.1, 0.15) is 0 Å². The molecule has 0 unspecified atom stereocenters. The zero-order chi connectivity index (χ0) is 8.60. The van der Waals surface area contributed by atoms with Crippen LogP contribution < -0.4 is 5.73 Å². The Morgan fingerprint density at radius 2 is 2.25 bits per heavy atom. The first kappa shape index (κ1) is 7.33. The molecule has 1 saturated carbocycles. The van der Waals surface area contributed by atoms with Crippen LogP contribution in [0.2, 0.25) is 0 Å². The molecule has 2 heteroatoms. The van der Waals surface area contributed by atoms with Gasteiger partial charge in [-0.2, -0.15) is 0 Å². The molecule has 1 fully saturated rings. The lowest BCUT2D eigenvalue weighted by Gasteiger charge is -2.06. The third kappa shape index (κ3) is 1.09. The van der Waals surface area contributed by atoms with Crippen molar-refractivity contribution in [1.29, 1.82) is 0 Å². The topological polar surface area (TPSA) is 38.9 Å². The maximum absolute atomic E-state index is 5.95. The van der Waals surface area contributed by atoms with Crippen LogP contribution in [0.1, 0.15) is 24.1 Å². The van der Waals surface area contributed by atoms with Gasteiger partial charge < -0.3 is 5.73 Å². The highest BCUT2D eigenvalue weighted by atomic mass is 14.9. The number of hydrogen-bond acceptors (Lipinski definition) is 2. The van der Waals surface area contributed by atoms with E-state index in [0.717, 1.165) is 24.1 Å². The number of aromatic nitrogens is 1. The van der Waals surface area contributed by atoms with Crippen molar-refractivity contribution in [3.8, 4) is 12.3 Å². The largest absolute Gasteiger partial charge is 0.320 e. The Labute approximate surface area is 71.8 Å². The van der Waals surface area contributed by atoms with E-state index in [4.69, 9.17) is 12.2 Å². The second-order valence-corrected chi connectivity index (χ2v) is 3.23. The first-order valence-electron chi connectivity index (χ1n) is 3.97. The molecular formula is C10H10N2. The fraction of sp³-hybridized carbons (Fsp3) is 0.300. The molecule has 0 amide bonds. The van der Waals surface area contributed by atoms with Crippen LogP contribution in [0.15, 0.2) is 18.3 Å². The SMILES string of the molecule is C#Cc1ccc(C2(N)CC2)nc1. The van der Waals surface area contributed by atoms with E-state index < -0.39 is 0 Å². The van der Waals surface area contributed by atoms with Gasteiger partial charge in [-0.3, -0.25) is 4.98 Å². The Morgan fingerprint density at radius 1 is 1.50 bits per heavy atom. The van der Waals surface area contributed by atoms with Gasteiger partial charge in [0, 0.05) is 11.8 Å². The summed E-state index contributed by atoms with van der Waals surface area (Å²) in [4.78, 5) is 4.22. The highest BCUT2D eigenvalue weighted by Gasteiger charge is 2.41. The summed E-state index contributed by atoms with van der Waals surface area (Å²) < 4.78 is 0. The van der Waals surface area contributed by atoms with Gasteiger partial charge in [-0.05, 0) is 25.0 Å². The first-order chi connectivity index (χ1) is 5.74. The molecule has 0 spiro atoms. The molecule has 1 heterocycles. The van der Waals surface area contributed by atoms with Crippen molar-refractivity contribution in [2.45, 2.75) is 18.4 Å². The van der Waals surface area contributed by atoms with Crippen LogP contribution in [0.4, 0.5) is 0 Å². The smallest absolute Gasteiger partial charge is 0.0603 e. The molecule has 2 N–H and O–H groups in total. The fourth-order valence-electron chi connectivity index (χ4n) is 1.16. The van der Waals surface area contributed by atoms with Gasteiger partial charge in [0.2, 0.25) is 0 Å². The molecule has 60 valence electrons. The van der Waals surface area contributed by atoms with Crippen molar-refractivity contribution in [2.24, 2.45) is 5.73 Å². The van der Waals surface area contributed by atoms with E-state index in [2.05, 4.69) is 10.9 Å². The van der Waals surface area contributed by atoms with E-state index in [-0.39, 0.29) is 5.54 Å². The van der Waals surface area contributed by atoms with E-state index in [1.807, 2.05) is 12.1 Å². The maximum Gasteiger partial charge on any atom is 0.0603 e. The summed E-state index contributed by atoms with van der Waals surface area (Å²) in [7, 11) is 0. The Morgan fingerprint density at radius 3 is 2.67 bits per heavy atom. The highest BCUT2D eigenvalue weighted by molar-refractivity contribution is 5.32. The summed E-state index contributed by atoms with van der Waals surface area (Å²) in [6.07, 6.45) is 8.97. The molecule has 1 aliphatic carbocycles. The summed E-state index contributed by atoms with van der Waals surface area (Å²) in [5.41, 5.74) is 7.57. The van der Waals surface area contributed by atoms with E-state index in [0.29, 0.717) is 0 Å². The van der Waals surface area contributed by atoms with Crippen LogP contribution in [-0.4, -0.2) is 4.98 Å². The number of pyridine rings is 1. The zero-order valence-corrected chi connectivity index (χ0v) is 6.75. The summed E-state index contributed by atoms with van der Waals surface area (Å²) in [6, 6.07) is 3.80. The molecule has 0 bridgehead atoms. The lowest BCUT2D eigenvalue weighted by atomic mass is 10.1. The molecule has 1 aromatic heterocycles. The van der Waals surface area contributed by atoms with E-state index in [1.54, 1.807) is 6.20 Å². The molecule has 1 aromatic rings. The number of nitrogens with two attached hydrogens (primary N) is 1. The summed E-state index contributed by atoms with van der Waals surface area (Å²) in [5, 5.41) is 0. The summed E-state index contributed by atoms with van der Waals surface area (Å²) in [6.45, 7) is 0. The molecule has 2 rings (SSSR count). The Kier molecular flexibility index (Phi) is 1.42. The molecule has 2 nitrogen and oxygen atoms in total. The van der Waals surface area contributed by atoms with Crippen LogP contribution in [-0.2, 0) is 5.54 Å². The molecule has 0 aliphatic heterocycles. The van der Waals surface area contributed by atoms with Crippen molar-refractivity contribution in [3.63, 3.8) is 0 Å². The minimum Gasteiger partial charge on any atom is -0.320 e. The van der Waals surface area contributed by atoms with Gasteiger partial charge in [-0.25, -0.2) is 0 Å². The Balaban J connectivity index is 2.32. The number of hydrogen-bond donors (Lipinski definition) is 1. The normalized spacial score (nSPS) is 18.3. The van der Waals surface area contributed by atoms with Gasteiger partial charge in [0.05, 0.1) is 11.2 Å². The minimum absolute atomic E-state index is 0.146. The molecule has 0 atom stereocenters. The number of rotatable bonds is 1. The highest BCUT2D eigenvalue weighted by Crippen LogP contribution is 2.41. The molecule has 1 aliphatic rings. The van der Waals surface area contributed by atoms with Crippen molar-refractivity contribution < 1.29 is 0 Å². The average Bonchev–Trinajstić information content (AvgIpc) is 2.85. The van der Waals surface area contributed by atoms with E-state index in [1.165, 1.54) is 0 Å². The van der Waals surface area contributed by atoms with Gasteiger partial charge >= 0.3 is 0 Å². The summed E-state index contributed by atoms with van der Waals surface area (Å²) >= 11 is 0. The van der Waals surface area contributed by atoms with E-state index >= 15 is 0 Å². The monoisotopic (exact) mass is 158 g/mol. The zero-order valence-electron chi connectivity index (χ0n) is 6.75. The van der Waals surface area contributed by atoms with Gasteiger partial charge in [0.25, 0.3) is 0 Å². The third-order valence-electron chi connectivity index (χ3n) is 2.23. The van der Waals surface area contributed by atoms with Crippen molar-refractivity contribution in [2.75, 3.05) is 0 Å². The second-order valence-electron chi connectivity index (χ2n) is 3.23. The fourth-order valence-corrected chi connectivity index (χ4v) is 1.16. The van der Waals surface area contributed by atoms with Crippen LogP contribution >= 0.6 is 0 Å². The quantitative estimate of drug-likeness (QED) is 0.619. The maximum atomic E-state index is 5.95. The van der Waals surface area contributed by atoms with Crippen molar-refractivity contribution >= 4 is 0 Å². The lowest BCUT2D eigenvalue weighted by Crippen LogP contribution is -2.20. The van der Waals surface area contributed by atoms with Gasteiger partial charge in [-0.15, -0.1) is 6.42 Å². The lowest BCUT2D eigenvalue weighted by molar-refractivity contribution is 0.707. The van der Waals surface area contributed by atoms with Gasteiger partial charge in [0.15, 0.2) is 0 Å². The number of nitrogens with zero attached hydrogens (tertiary/aromatic N) is 1. The molecule has 0 aromatic carbocycles. The predicted octanol–water partition coefficient (Wildman–Crippen LogP) is 1.01. The Hall–Kier alpha value is -1.33. The molecule has 0 saturated heterocycles.